The van der Waals surface area contributed by atoms with Gasteiger partial charge in [-0.15, -0.1) is 0 Å². The minimum absolute atomic E-state index is 0.0119. The van der Waals surface area contributed by atoms with Crippen LogP contribution in [0.3, 0.4) is 0 Å². The maximum atomic E-state index is 13.3. The maximum Gasteiger partial charge on any atom is 0.227 e. The highest BCUT2D eigenvalue weighted by molar-refractivity contribution is 5.80. The highest BCUT2D eigenvalue weighted by Gasteiger charge is 2.23. The molecule has 1 saturated heterocycles. The van der Waals surface area contributed by atoms with Crippen molar-refractivity contribution in [3.63, 3.8) is 0 Å². The molecule has 1 unspecified atom stereocenters. The Bertz CT molecular complexity index is 465. The van der Waals surface area contributed by atoms with Gasteiger partial charge in [-0.1, -0.05) is 0 Å². The average Bonchev–Trinajstić information content (AvgIpc) is 2.39. The van der Waals surface area contributed by atoms with Crippen LogP contribution in [0.1, 0.15) is 12.5 Å². The first kappa shape index (κ1) is 13.8. The second-order valence-electron chi connectivity index (χ2n) is 4.77. The smallest absolute Gasteiger partial charge is 0.227 e. The van der Waals surface area contributed by atoms with E-state index in [4.69, 9.17) is 4.74 Å². The molecule has 0 saturated carbocycles. The first-order valence-corrected chi connectivity index (χ1v) is 6.44. The molecule has 0 spiro atoms. The van der Waals surface area contributed by atoms with Crippen molar-refractivity contribution < 1.29 is 13.9 Å². The van der Waals surface area contributed by atoms with Gasteiger partial charge in [0.25, 0.3) is 0 Å². The molecule has 0 aliphatic carbocycles. The molecular formula is C14H19FN2O2. The monoisotopic (exact) mass is 266 g/mol. The molecular weight excluding hydrogens is 247 g/mol. The number of benzene rings is 1. The van der Waals surface area contributed by atoms with Crippen LogP contribution in [0.5, 0.6) is 5.75 Å². The van der Waals surface area contributed by atoms with Crippen molar-refractivity contribution in [1.82, 2.24) is 10.2 Å². The number of ether oxygens (including phenoxy) is 1. The molecule has 0 aromatic heterocycles. The van der Waals surface area contributed by atoms with Crippen molar-refractivity contribution in [1.29, 1.82) is 0 Å². The predicted molar refractivity (Wildman–Crippen MR) is 70.7 cm³/mol. The number of carbonyl (C=O) groups excluding carboxylic acids is 1. The SMILES string of the molecule is COc1ccc(F)cc1CC(=O)N1CCNCC1C. The van der Waals surface area contributed by atoms with E-state index in [1.807, 2.05) is 11.8 Å². The lowest BCUT2D eigenvalue weighted by Gasteiger charge is -2.34. The largest absolute Gasteiger partial charge is 0.496 e. The van der Waals surface area contributed by atoms with Crippen LogP contribution < -0.4 is 10.1 Å². The summed E-state index contributed by atoms with van der Waals surface area (Å²) in [5.41, 5.74) is 0.596. The van der Waals surface area contributed by atoms with E-state index in [2.05, 4.69) is 5.32 Å². The number of methoxy groups -OCH3 is 1. The molecule has 1 aliphatic heterocycles. The Labute approximate surface area is 112 Å². The number of nitrogens with zero attached hydrogens (tertiary/aromatic N) is 1. The molecule has 1 N–H and O–H groups in total. The Kier molecular flexibility index (Phi) is 4.37. The van der Waals surface area contributed by atoms with Gasteiger partial charge >= 0.3 is 0 Å². The quantitative estimate of drug-likeness (QED) is 0.893. The van der Waals surface area contributed by atoms with Crippen LogP contribution >= 0.6 is 0 Å². The molecule has 1 atom stereocenters. The summed E-state index contributed by atoms with van der Waals surface area (Å²) >= 11 is 0. The zero-order valence-electron chi connectivity index (χ0n) is 11.3. The normalized spacial score (nSPS) is 19.3. The van der Waals surface area contributed by atoms with Crippen LogP contribution in [-0.2, 0) is 11.2 Å². The van der Waals surface area contributed by atoms with Crippen molar-refractivity contribution in [3.8, 4) is 5.75 Å². The minimum atomic E-state index is -0.350. The molecule has 0 radical (unpaired) electrons. The van der Waals surface area contributed by atoms with E-state index in [0.29, 0.717) is 17.9 Å². The number of nitrogens with one attached hydrogen (secondary N) is 1. The summed E-state index contributed by atoms with van der Waals surface area (Å²) in [6.45, 7) is 4.30. The Balaban J connectivity index is 2.11. The summed E-state index contributed by atoms with van der Waals surface area (Å²) in [4.78, 5) is 14.1. The molecule has 4 nitrogen and oxygen atoms in total. The Hall–Kier alpha value is -1.62. The molecule has 5 heteroatoms. The van der Waals surface area contributed by atoms with Crippen molar-refractivity contribution in [2.75, 3.05) is 26.7 Å². The fraction of sp³-hybridized carbons (Fsp3) is 0.500. The molecule has 1 aromatic carbocycles. The van der Waals surface area contributed by atoms with Crippen LogP contribution in [0.4, 0.5) is 4.39 Å². The number of amides is 1. The fourth-order valence-corrected chi connectivity index (χ4v) is 2.36. The Morgan fingerprint density at radius 3 is 3.05 bits per heavy atom. The van der Waals surface area contributed by atoms with Gasteiger partial charge in [0.15, 0.2) is 0 Å². The molecule has 19 heavy (non-hydrogen) atoms. The molecule has 1 heterocycles. The van der Waals surface area contributed by atoms with E-state index >= 15 is 0 Å². The van der Waals surface area contributed by atoms with Crippen LogP contribution in [0.25, 0.3) is 0 Å². The zero-order chi connectivity index (χ0) is 13.8. The van der Waals surface area contributed by atoms with Crippen LogP contribution in [0.15, 0.2) is 18.2 Å². The second-order valence-corrected chi connectivity index (χ2v) is 4.77. The molecule has 2 rings (SSSR count). The summed E-state index contributed by atoms with van der Waals surface area (Å²) < 4.78 is 18.4. The first-order valence-electron chi connectivity index (χ1n) is 6.44. The predicted octanol–water partition coefficient (Wildman–Crippen LogP) is 1.20. The zero-order valence-corrected chi connectivity index (χ0v) is 11.3. The highest BCUT2D eigenvalue weighted by atomic mass is 19.1. The third kappa shape index (κ3) is 3.23. The van der Waals surface area contributed by atoms with Gasteiger partial charge in [0.05, 0.1) is 13.5 Å². The van der Waals surface area contributed by atoms with Gasteiger partial charge in [0.1, 0.15) is 11.6 Å². The summed E-state index contributed by atoms with van der Waals surface area (Å²) in [7, 11) is 1.52. The maximum absolute atomic E-state index is 13.3. The lowest BCUT2D eigenvalue weighted by Crippen LogP contribution is -2.52. The summed E-state index contributed by atoms with van der Waals surface area (Å²) in [6, 6.07) is 4.42. The fourth-order valence-electron chi connectivity index (χ4n) is 2.36. The van der Waals surface area contributed by atoms with Crippen LogP contribution in [-0.4, -0.2) is 43.6 Å². The van der Waals surface area contributed by atoms with E-state index in [0.717, 1.165) is 13.1 Å². The number of hydrogen-bond acceptors (Lipinski definition) is 3. The van der Waals surface area contributed by atoms with Crippen molar-refractivity contribution in [2.24, 2.45) is 0 Å². The lowest BCUT2D eigenvalue weighted by molar-refractivity contribution is -0.133. The van der Waals surface area contributed by atoms with Crippen LogP contribution in [0.2, 0.25) is 0 Å². The number of hydrogen-bond donors (Lipinski definition) is 1. The average molecular weight is 266 g/mol. The Morgan fingerprint density at radius 2 is 2.37 bits per heavy atom. The van der Waals surface area contributed by atoms with Crippen molar-refractivity contribution >= 4 is 5.91 Å². The first-order chi connectivity index (χ1) is 9.11. The van der Waals surface area contributed by atoms with E-state index in [9.17, 15) is 9.18 Å². The summed E-state index contributed by atoms with van der Waals surface area (Å²) in [6.07, 6.45) is 0.172. The topological polar surface area (TPSA) is 41.6 Å². The number of rotatable bonds is 3. The van der Waals surface area contributed by atoms with E-state index in [-0.39, 0.29) is 24.2 Å². The van der Waals surface area contributed by atoms with Gasteiger partial charge in [0.2, 0.25) is 5.91 Å². The standard InChI is InChI=1S/C14H19FN2O2/c1-10-9-16-5-6-17(10)14(18)8-11-7-12(15)3-4-13(11)19-2/h3-4,7,10,16H,5-6,8-9H2,1-2H3. The van der Waals surface area contributed by atoms with E-state index in [1.165, 1.54) is 19.2 Å². The van der Waals surface area contributed by atoms with Gasteiger partial charge in [0, 0.05) is 31.2 Å². The number of carbonyl (C=O) groups is 1. The van der Waals surface area contributed by atoms with E-state index < -0.39 is 0 Å². The summed E-state index contributed by atoms with van der Waals surface area (Å²) in [5.74, 6) is 0.215. The van der Waals surface area contributed by atoms with Crippen LogP contribution in [0, 0.1) is 5.82 Å². The van der Waals surface area contributed by atoms with Gasteiger partial charge < -0.3 is 15.0 Å². The number of piperazine rings is 1. The van der Waals surface area contributed by atoms with Gasteiger partial charge in [-0.25, -0.2) is 4.39 Å². The van der Waals surface area contributed by atoms with E-state index in [1.54, 1.807) is 6.07 Å². The third-order valence-corrected chi connectivity index (χ3v) is 3.41. The third-order valence-electron chi connectivity index (χ3n) is 3.41. The molecule has 0 bridgehead atoms. The van der Waals surface area contributed by atoms with Crippen molar-refractivity contribution in [3.05, 3.63) is 29.6 Å². The van der Waals surface area contributed by atoms with Gasteiger partial charge in [-0.05, 0) is 25.1 Å². The minimum Gasteiger partial charge on any atom is -0.496 e. The van der Waals surface area contributed by atoms with Crippen molar-refractivity contribution in [2.45, 2.75) is 19.4 Å². The Morgan fingerprint density at radius 1 is 1.58 bits per heavy atom. The molecule has 1 amide bonds. The molecule has 1 aliphatic rings. The molecule has 1 aromatic rings. The lowest BCUT2D eigenvalue weighted by atomic mass is 10.1. The highest BCUT2D eigenvalue weighted by Crippen LogP contribution is 2.21. The number of halogens is 1. The molecule has 1 fully saturated rings. The van der Waals surface area contributed by atoms with Gasteiger partial charge in [-0.3, -0.25) is 4.79 Å². The molecule has 104 valence electrons. The second kappa shape index (κ2) is 6.02. The summed E-state index contributed by atoms with van der Waals surface area (Å²) in [5, 5.41) is 3.24. The van der Waals surface area contributed by atoms with Gasteiger partial charge in [-0.2, -0.15) is 0 Å².